The first-order chi connectivity index (χ1) is 8.08. The van der Waals surface area contributed by atoms with Gasteiger partial charge in [-0.2, -0.15) is 0 Å². The Balaban J connectivity index is 2.14. The van der Waals surface area contributed by atoms with Crippen molar-refractivity contribution in [2.75, 3.05) is 32.8 Å². The minimum absolute atomic E-state index is 0.309. The van der Waals surface area contributed by atoms with Gasteiger partial charge in [-0.3, -0.25) is 4.79 Å². The summed E-state index contributed by atoms with van der Waals surface area (Å²) in [4.78, 5) is 13.0. The zero-order valence-electron chi connectivity index (χ0n) is 11.0. The van der Waals surface area contributed by atoms with E-state index < -0.39 is 5.97 Å². The molecule has 0 spiro atoms. The van der Waals surface area contributed by atoms with Crippen molar-refractivity contribution in [2.45, 2.75) is 33.1 Å². The molecule has 100 valence electrons. The highest BCUT2D eigenvalue weighted by molar-refractivity contribution is 5.67. The number of aliphatic carboxylic acids is 1. The van der Waals surface area contributed by atoms with Gasteiger partial charge >= 0.3 is 5.97 Å². The van der Waals surface area contributed by atoms with Gasteiger partial charge in [0.25, 0.3) is 0 Å². The van der Waals surface area contributed by atoms with Crippen LogP contribution in [-0.2, 0) is 9.53 Å². The molecule has 4 nitrogen and oxygen atoms in total. The van der Waals surface area contributed by atoms with E-state index in [4.69, 9.17) is 9.84 Å². The molecule has 0 aromatic carbocycles. The van der Waals surface area contributed by atoms with E-state index in [0.29, 0.717) is 18.3 Å². The van der Waals surface area contributed by atoms with Gasteiger partial charge < -0.3 is 14.7 Å². The standard InChI is InChI=1S/C13H25NO3/c1-11(2)10-17-7-6-14-5-3-4-12(9-14)8-13(15)16/h11-12H,3-10H2,1-2H3,(H,15,16). The molecule has 1 N–H and O–H groups in total. The molecular formula is C13H25NO3. The molecule has 17 heavy (non-hydrogen) atoms. The van der Waals surface area contributed by atoms with E-state index in [1.54, 1.807) is 0 Å². The van der Waals surface area contributed by atoms with Gasteiger partial charge in [-0.25, -0.2) is 0 Å². The van der Waals surface area contributed by atoms with E-state index in [-0.39, 0.29) is 0 Å². The number of hydrogen-bond acceptors (Lipinski definition) is 3. The SMILES string of the molecule is CC(C)COCCN1CCCC(CC(=O)O)C1. The fourth-order valence-corrected chi connectivity index (χ4v) is 2.28. The molecule has 4 heteroatoms. The molecule has 0 radical (unpaired) electrons. The van der Waals surface area contributed by atoms with Gasteiger partial charge in [-0.15, -0.1) is 0 Å². The van der Waals surface area contributed by atoms with Gasteiger partial charge in [0.15, 0.2) is 0 Å². The second kappa shape index (κ2) is 7.67. The van der Waals surface area contributed by atoms with Crippen LogP contribution in [0, 0.1) is 11.8 Å². The second-order valence-corrected chi connectivity index (χ2v) is 5.38. The average Bonchev–Trinajstić information content (AvgIpc) is 2.24. The van der Waals surface area contributed by atoms with Crippen molar-refractivity contribution in [1.82, 2.24) is 4.90 Å². The van der Waals surface area contributed by atoms with E-state index in [0.717, 1.165) is 45.7 Å². The topological polar surface area (TPSA) is 49.8 Å². The molecule has 0 aliphatic carbocycles. The molecule has 0 aromatic heterocycles. The Morgan fingerprint density at radius 3 is 2.94 bits per heavy atom. The molecule has 0 saturated carbocycles. The number of carboxylic acids is 1. The van der Waals surface area contributed by atoms with Gasteiger partial charge in [0, 0.05) is 26.1 Å². The Hall–Kier alpha value is -0.610. The first kappa shape index (κ1) is 14.5. The van der Waals surface area contributed by atoms with Crippen molar-refractivity contribution in [3.63, 3.8) is 0 Å². The van der Waals surface area contributed by atoms with Gasteiger partial charge in [0.1, 0.15) is 0 Å². The molecule has 1 aliphatic rings. The maximum absolute atomic E-state index is 10.7. The van der Waals surface area contributed by atoms with Crippen molar-refractivity contribution in [3.8, 4) is 0 Å². The summed E-state index contributed by atoms with van der Waals surface area (Å²) in [6.45, 7) is 8.79. The minimum Gasteiger partial charge on any atom is -0.481 e. The highest BCUT2D eigenvalue weighted by Gasteiger charge is 2.21. The monoisotopic (exact) mass is 243 g/mol. The van der Waals surface area contributed by atoms with E-state index in [1.165, 1.54) is 0 Å². The number of rotatable bonds is 7. The predicted octanol–water partition coefficient (Wildman–Crippen LogP) is 1.85. The second-order valence-electron chi connectivity index (χ2n) is 5.38. The third-order valence-corrected chi connectivity index (χ3v) is 3.07. The highest BCUT2D eigenvalue weighted by atomic mass is 16.5. The van der Waals surface area contributed by atoms with Crippen LogP contribution in [0.3, 0.4) is 0 Å². The summed E-state index contributed by atoms with van der Waals surface area (Å²) in [7, 11) is 0. The van der Waals surface area contributed by atoms with E-state index in [1.807, 2.05) is 0 Å². The quantitative estimate of drug-likeness (QED) is 0.693. The van der Waals surface area contributed by atoms with Crippen LogP contribution in [0.4, 0.5) is 0 Å². The van der Waals surface area contributed by atoms with E-state index >= 15 is 0 Å². The maximum Gasteiger partial charge on any atom is 0.303 e. The van der Waals surface area contributed by atoms with E-state index in [2.05, 4.69) is 18.7 Å². The summed E-state index contributed by atoms with van der Waals surface area (Å²) in [6, 6.07) is 0. The van der Waals surface area contributed by atoms with Crippen LogP contribution in [0.25, 0.3) is 0 Å². The highest BCUT2D eigenvalue weighted by Crippen LogP contribution is 2.19. The van der Waals surface area contributed by atoms with Crippen LogP contribution in [-0.4, -0.2) is 48.8 Å². The van der Waals surface area contributed by atoms with Crippen LogP contribution in [0.2, 0.25) is 0 Å². The fraction of sp³-hybridized carbons (Fsp3) is 0.923. The number of likely N-dealkylation sites (tertiary alicyclic amines) is 1. The normalized spacial score (nSPS) is 21.9. The predicted molar refractivity (Wildman–Crippen MR) is 67.1 cm³/mol. The zero-order valence-corrected chi connectivity index (χ0v) is 11.0. The Labute approximate surface area is 104 Å². The number of carbonyl (C=O) groups is 1. The van der Waals surface area contributed by atoms with Crippen LogP contribution < -0.4 is 0 Å². The molecule has 1 heterocycles. The average molecular weight is 243 g/mol. The molecular weight excluding hydrogens is 218 g/mol. The molecule has 1 fully saturated rings. The number of ether oxygens (including phenoxy) is 1. The molecule has 1 atom stereocenters. The molecule has 1 saturated heterocycles. The van der Waals surface area contributed by atoms with Gasteiger partial charge in [-0.1, -0.05) is 13.8 Å². The zero-order chi connectivity index (χ0) is 12.7. The van der Waals surface area contributed by atoms with Gasteiger partial charge in [0.2, 0.25) is 0 Å². The summed E-state index contributed by atoms with van der Waals surface area (Å²) in [6.07, 6.45) is 2.47. The van der Waals surface area contributed by atoms with Crippen LogP contribution in [0.5, 0.6) is 0 Å². The van der Waals surface area contributed by atoms with Crippen molar-refractivity contribution in [3.05, 3.63) is 0 Å². The lowest BCUT2D eigenvalue weighted by molar-refractivity contribution is -0.138. The van der Waals surface area contributed by atoms with Crippen molar-refractivity contribution >= 4 is 5.97 Å². The largest absolute Gasteiger partial charge is 0.481 e. The summed E-state index contributed by atoms with van der Waals surface area (Å²) in [5.41, 5.74) is 0. The number of nitrogens with zero attached hydrogens (tertiary/aromatic N) is 1. The molecule has 1 unspecified atom stereocenters. The molecule has 0 amide bonds. The van der Waals surface area contributed by atoms with Crippen molar-refractivity contribution in [2.24, 2.45) is 11.8 Å². The van der Waals surface area contributed by atoms with Gasteiger partial charge in [0.05, 0.1) is 6.61 Å². The Kier molecular flexibility index (Phi) is 6.52. The lowest BCUT2D eigenvalue weighted by Crippen LogP contribution is -2.38. The first-order valence-corrected chi connectivity index (χ1v) is 6.60. The van der Waals surface area contributed by atoms with Crippen LogP contribution in [0.15, 0.2) is 0 Å². The molecule has 1 rings (SSSR count). The summed E-state index contributed by atoms with van der Waals surface area (Å²) in [5.74, 6) is 0.232. The third-order valence-electron chi connectivity index (χ3n) is 3.07. The van der Waals surface area contributed by atoms with E-state index in [9.17, 15) is 4.79 Å². The minimum atomic E-state index is -0.673. The summed E-state index contributed by atoms with van der Waals surface area (Å²) in [5, 5.41) is 8.78. The first-order valence-electron chi connectivity index (χ1n) is 6.60. The number of piperidine rings is 1. The van der Waals surface area contributed by atoms with Gasteiger partial charge in [-0.05, 0) is 31.2 Å². The summed E-state index contributed by atoms with van der Waals surface area (Å²) >= 11 is 0. The third kappa shape index (κ3) is 6.64. The number of carboxylic acid groups (broad SMARTS) is 1. The lowest BCUT2D eigenvalue weighted by Gasteiger charge is -2.31. The molecule has 0 bridgehead atoms. The Bertz CT molecular complexity index is 231. The lowest BCUT2D eigenvalue weighted by atomic mass is 9.95. The Morgan fingerprint density at radius 1 is 1.53 bits per heavy atom. The van der Waals surface area contributed by atoms with Crippen molar-refractivity contribution < 1.29 is 14.6 Å². The summed E-state index contributed by atoms with van der Waals surface area (Å²) < 4.78 is 5.56. The smallest absolute Gasteiger partial charge is 0.303 e. The fourth-order valence-electron chi connectivity index (χ4n) is 2.28. The number of hydrogen-bond donors (Lipinski definition) is 1. The Morgan fingerprint density at radius 2 is 2.29 bits per heavy atom. The molecule has 1 aliphatic heterocycles. The maximum atomic E-state index is 10.7. The van der Waals surface area contributed by atoms with Crippen molar-refractivity contribution in [1.29, 1.82) is 0 Å². The van der Waals surface area contributed by atoms with Crippen LogP contribution >= 0.6 is 0 Å². The van der Waals surface area contributed by atoms with Crippen LogP contribution in [0.1, 0.15) is 33.1 Å². The molecule has 0 aromatic rings.